The molecule has 5 rings (SSSR count). The molecular weight excluding hydrogens is 382 g/mol. The van der Waals surface area contributed by atoms with Crippen molar-refractivity contribution in [1.29, 1.82) is 0 Å². The Bertz CT molecular complexity index is 1090. The van der Waals surface area contributed by atoms with Gasteiger partial charge in [0, 0.05) is 17.5 Å². The molecule has 0 radical (unpaired) electrons. The van der Waals surface area contributed by atoms with Crippen LogP contribution in [0.15, 0.2) is 35.3 Å². The smallest absolute Gasteiger partial charge is 0.244 e. The molecule has 2 heterocycles. The van der Waals surface area contributed by atoms with E-state index in [2.05, 4.69) is 5.32 Å². The number of nitrogens with zero attached hydrogens (tertiary/aromatic N) is 2. The highest BCUT2D eigenvalue weighted by molar-refractivity contribution is 6.17. The summed E-state index contributed by atoms with van der Waals surface area (Å²) in [6, 6.07) is 9.21. The summed E-state index contributed by atoms with van der Waals surface area (Å²) < 4.78 is 10.7. The number of carbonyl (C=O) groups excluding carboxylic acids is 2. The molecule has 1 fully saturated rings. The Hall–Kier alpha value is -3.35. The van der Waals surface area contributed by atoms with Crippen LogP contribution in [-0.4, -0.2) is 30.9 Å². The summed E-state index contributed by atoms with van der Waals surface area (Å²) in [5.41, 5.74) is 5.18. The van der Waals surface area contributed by atoms with Crippen molar-refractivity contribution in [2.75, 3.05) is 23.6 Å². The number of hydrogen-bond donors (Lipinski definition) is 1. The highest BCUT2D eigenvalue weighted by Gasteiger charge is 2.37. The van der Waals surface area contributed by atoms with Gasteiger partial charge in [-0.05, 0) is 68.5 Å². The van der Waals surface area contributed by atoms with E-state index in [1.54, 1.807) is 23.1 Å². The fraction of sp³-hybridized carbons (Fsp3) is 0.348. The van der Waals surface area contributed by atoms with Gasteiger partial charge in [0.1, 0.15) is 6.54 Å². The maximum Gasteiger partial charge on any atom is 0.244 e. The number of hydrogen-bond acceptors (Lipinski definition) is 5. The van der Waals surface area contributed by atoms with Crippen molar-refractivity contribution < 1.29 is 19.1 Å². The minimum Gasteiger partial charge on any atom is -0.454 e. The first-order chi connectivity index (χ1) is 14.5. The van der Waals surface area contributed by atoms with Crippen LogP contribution in [0.4, 0.5) is 17.1 Å². The van der Waals surface area contributed by atoms with E-state index in [9.17, 15) is 9.59 Å². The second-order valence-corrected chi connectivity index (χ2v) is 8.01. The first kappa shape index (κ1) is 18.7. The van der Waals surface area contributed by atoms with Crippen molar-refractivity contribution >= 4 is 34.6 Å². The van der Waals surface area contributed by atoms with Crippen LogP contribution in [-0.2, 0) is 9.59 Å². The lowest BCUT2D eigenvalue weighted by Crippen LogP contribution is -2.41. The van der Waals surface area contributed by atoms with E-state index in [0.29, 0.717) is 22.9 Å². The third-order valence-electron chi connectivity index (χ3n) is 6.00. The molecule has 1 aliphatic carbocycles. The predicted octanol–water partition coefficient (Wildman–Crippen LogP) is 3.89. The molecule has 1 saturated carbocycles. The van der Waals surface area contributed by atoms with Gasteiger partial charge in [-0.25, -0.2) is 0 Å². The van der Waals surface area contributed by atoms with Crippen molar-refractivity contribution in [3.05, 3.63) is 41.5 Å². The lowest BCUT2D eigenvalue weighted by atomic mass is 10.0. The van der Waals surface area contributed by atoms with Gasteiger partial charge in [0.25, 0.3) is 0 Å². The highest BCUT2D eigenvalue weighted by atomic mass is 16.7. The quantitative estimate of drug-likeness (QED) is 0.840. The van der Waals surface area contributed by atoms with Crippen LogP contribution in [0.3, 0.4) is 0 Å². The fourth-order valence-corrected chi connectivity index (χ4v) is 4.26. The van der Waals surface area contributed by atoms with Crippen LogP contribution >= 0.6 is 0 Å². The Morgan fingerprint density at radius 3 is 2.83 bits per heavy atom. The van der Waals surface area contributed by atoms with E-state index in [-0.39, 0.29) is 31.1 Å². The molecule has 2 aromatic carbocycles. The van der Waals surface area contributed by atoms with Gasteiger partial charge in [-0.3, -0.25) is 14.6 Å². The van der Waals surface area contributed by atoms with Crippen LogP contribution in [0.25, 0.3) is 0 Å². The molecule has 0 spiro atoms. The zero-order chi connectivity index (χ0) is 20.8. The number of anilines is 2. The molecule has 3 aliphatic rings. The Balaban J connectivity index is 1.44. The number of ether oxygens (including phenoxy) is 2. The van der Waals surface area contributed by atoms with Gasteiger partial charge in [0.2, 0.25) is 18.6 Å². The molecule has 1 atom stereocenters. The minimum absolute atomic E-state index is 0.0471. The van der Waals surface area contributed by atoms with E-state index < -0.39 is 0 Å². The summed E-state index contributed by atoms with van der Waals surface area (Å²) in [5.74, 6) is 0.693. The number of fused-ring (bicyclic) bond motifs is 3. The fourth-order valence-electron chi connectivity index (χ4n) is 4.26. The molecule has 0 saturated heterocycles. The van der Waals surface area contributed by atoms with Crippen molar-refractivity contribution in [1.82, 2.24) is 0 Å². The first-order valence-electron chi connectivity index (χ1n) is 10.2. The first-order valence-corrected chi connectivity index (χ1v) is 10.2. The minimum atomic E-state index is -0.271. The van der Waals surface area contributed by atoms with Crippen LogP contribution in [0.1, 0.15) is 30.4 Å². The molecule has 1 N–H and O–H groups in total. The highest BCUT2D eigenvalue weighted by Crippen LogP contribution is 2.39. The molecule has 2 aliphatic heterocycles. The van der Waals surface area contributed by atoms with Gasteiger partial charge < -0.3 is 19.7 Å². The third-order valence-corrected chi connectivity index (χ3v) is 6.00. The average molecular weight is 405 g/mol. The van der Waals surface area contributed by atoms with Crippen molar-refractivity contribution in [3.63, 3.8) is 0 Å². The normalized spacial score (nSPS) is 19.1. The molecule has 7 nitrogen and oxygen atoms in total. The van der Waals surface area contributed by atoms with E-state index in [1.807, 2.05) is 26.0 Å². The van der Waals surface area contributed by atoms with Crippen LogP contribution in [0.2, 0.25) is 0 Å². The van der Waals surface area contributed by atoms with Crippen molar-refractivity contribution in [3.8, 4) is 11.5 Å². The van der Waals surface area contributed by atoms with Gasteiger partial charge in [-0.15, -0.1) is 0 Å². The average Bonchev–Trinajstić information content (AvgIpc) is 3.35. The molecule has 0 bridgehead atoms. The largest absolute Gasteiger partial charge is 0.454 e. The molecular formula is C23H23N3O4. The second-order valence-electron chi connectivity index (χ2n) is 8.01. The number of benzene rings is 2. The Labute approximate surface area is 174 Å². The van der Waals surface area contributed by atoms with E-state index in [1.165, 1.54) is 0 Å². The van der Waals surface area contributed by atoms with Gasteiger partial charge >= 0.3 is 0 Å². The van der Waals surface area contributed by atoms with Crippen LogP contribution in [0.5, 0.6) is 11.5 Å². The summed E-state index contributed by atoms with van der Waals surface area (Å²) in [7, 11) is 0. The Morgan fingerprint density at radius 1 is 1.17 bits per heavy atom. The summed E-state index contributed by atoms with van der Waals surface area (Å²) >= 11 is 0. The summed E-state index contributed by atoms with van der Waals surface area (Å²) in [6.45, 7) is 4.14. The molecule has 1 unspecified atom stereocenters. The summed E-state index contributed by atoms with van der Waals surface area (Å²) in [6.07, 6.45) is 2.57. The molecule has 0 aromatic heterocycles. The number of aryl methyl sites for hydroxylation is 2. The molecule has 7 heteroatoms. The molecule has 154 valence electrons. The maximum absolute atomic E-state index is 13.4. The number of aliphatic imine (C=N–C) groups is 1. The summed E-state index contributed by atoms with van der Waals surface area (Å²) in [4.78, 5) is 32.7. The van der Waals surface area contributed by atoms with Crippen molar-refractivity contribution in [2.24, 2.45) is 10.9 Å². The topological polar surface area (TPSA) is 80.2 Å². The number of amides is 2. The standard InChI is InChI=1S/C23H23N3O4/c1-13-8-18-19(9-14(13)2)26(23(28)16-4-3-5-17(16)25-18)11-22(27)24-15-6-7-20-21(10-15)30-12-29-20/h6-10,16H,3-5,11-12H2,1-2H3,(H,24,27). The summed E-state index contributed by atoms with van der Waals surface area (Å²) in [5, 5.41) is 2.87. The molecule has 2 aromatic rings. The van der Waals surface area contributed by atoms with Gasteiger partial charge in [-0.2, -0.15) is 0 Å². The van der Waals surface area contributed by atoms with Gasteiger partial charge in [0.05, 0.1) is 17.3 Å². The van der Waals surface area contributed by atoms with Crippen molar-refractivity contribution in [2.45, 2.75) is 33.1 Å². The SMILES string of the molecule is Cc1cc2c(cc1C)N(CC(=O)Nc1ccc3c(c1)OCO3)C(=O)C1CCCC1=N2. The number of carbonyl (C=O) groups is 2. The van der Waals surface area contributed by atoms with E-state index >= 15 is 0 Å². The third kappa shape index (κ3) is 3.20. The van der Waals surface area contributed by atoms with Crippen LogP contribution in [0, 0.1) is 19.8 Å². The zero-order valence-corrected chi connectivity index (χ0v) is 17.0. The van der Waals surface area contributed by atoms with Gasteiger partial charge in [-0.1, -0.05) is 0 Å². The lowest BCUT2D eigenvalue weighted by Gasteiger charge is -2.25. The Morgan fingerprint density at radius 2 is 1.97 bits per heavy atom. The Kier molecular flexibility index (Phi) is 4.46. The lowest BCUT2D eigenvalue weighted by molar-refractivity contribution is -0.122. The number of nitrogens with one attached hydrogen (secondary N) is 1. The monoisotopic (exact) mass is 405 g/mol. The second kappa shape index (κ2) is 7.16. The number of rotatable bonds is 3. The van der Waals surface area contributed by atoms with E-state index in [0.717, 1.165) is 41.8 Å². The maximum atomic E-state index is 13.4. The van der Waals surface area contributed by atoms with Crippen LogP contribution < -0.4 is 19.7 Å². The zero-order valence-electron chi connectivity index (χ0n) is 17.0. The van der Waals surface area contributed by atoms with E-state index in [4.69, 9.17) is 14.5 Å². The molecule has 30 heavy (non-hydrogen) atoms. The van der Waals surface area contributed by atoms with Gasteiger partial charge in [0.15, 0.2) is 11.5 Å². The molecule has 2 amide bonds. The predicted molar refractivity (Wildman–Crippen MR) is 114 cm³/mol.